The molecule has 1 aliphatic rings. The summed E-state index contributed by atoms with van der Waals surface area (Å²) < 4.78 is 5.68. The van der Waals surface area contributed by atoms with E-state index < -0.39 is 0 Å². The highest BCUT2D eigenvalue weighted by molar-refractivity contribution is 6.31. The number of ether oxygens (including phenoxy) is 1. The molecule has 0 spiro atoms. The van der Waals surface area contributed by atoms with Crippen molar-refractivity contribution in [3.05, 3.63) is 58.9 Å². The van der Waals surface area contributed by atoms with Crippen LogP contribution in [-0.4, -0.2) is 33.9 Å². The Bertz CT molecular complexity index is 920. The summed E-state index contributed by atoms with van der Waals surface area (Å²) in [6.07, 6.45) is 1.87. The summed E-state index contributed by atoms with van der Waals surface area (Å²) in [5.41, 5.74) is 2.85. The zero-order valence-corrected chi connectivity index (χ0v) is 15.3. The number of nitrogens with zero attached hydrogens (tertiary/aromatic N) is 2. The molecule has 134 valence electrons. The summed E-state index contributed by atoms with van der Waals surface area (Å²) in [6.45, 7) is 2.65. The molecule has 1 fully saturated rings. The highest BCUT2D eigenvalue weighted by Crippen LogP contribution is 2.31. The summed E-state index contributed by atoms with van der Waals surface area (Å²) in [5.74, 6) is 1.47. The van der Waals surface area contributed by atoms with Gasteiger partial charge in [-0.2, -0.15) is 0 Å². The third-order valence-corrected chi connectivity index (χ3v) is 5.21. The molecule has 2 heterocycles. The lowest BCUT2D eigenvalue weighted by Crippen LogP contribution is -2.34. The quantitative estimate of drug-likeness (QED) is 0.747. The number of aromatic amines is 1. The van der Waals surface area contributed by atoms with Crippen LogP contribution in [0.3, 0.4) is 0 Å². The molecular formula is C20H20ClN3O2. The van der Waals surface area contributed by atoms with E-state index in [1.807, 2.05) is 42.2 Å². The van der Waals surface area contributed by atoms with Crippen LogP contribution in [-0.2, 0) is 4.79 Å². The molecule has 0 aliphatic carbocycles. The topological polar surface area (TPSA) is 58.2 Å². The van der Waals surface area contributed by atoms with E-state index in [0.717, 1.165) is 41.8 Å². The van der Waals surface area contributed by atoms with Gasteiger partial charge in [-0.3, -0.25) is 4.79 Å². The van der Waals surface area contributed by atoms with Gasteiger partial charge in [0, 0.05) is 11.6 Å². The van der Waals surface area contributed by atoms with Crippen LogP contribution in [0.2, 0.25) is 5.02 Å². The zero-order valence-electron chi connectivity index (χ0n) is 14.5. The summed E-state index contributed by atoms with van der Waals surface area (Å²) in [4.78, 5) is 22.6. The summed E-state index contributed by atoms with van der Waals surface area (Å²) in [7, 11) is 0. The van der Waals surface area contributed by atoms with E-state index in [4.69, 9.17) is 16.3 Å². The summed E-state index contributed by atoms with van der Waals surface area (Å²) >= 11 is 6.03. The molecule has 5 nitrogen and oxygen atoms in total. The second-order valence-corrected chi connectivity index (χ2v) is 6.99. The number of halogens is 1. The Morgan fingerprint density at radius 1 is 1.35 bits per heavy atom. The smallest absolute Gasteiger partial charge is 0.261 e. The van der Waals surface area contributed by atoms with Crippen LogP contribution in [0.5, 0.6) is 5.75 Å². The molecule has 26 heavy (non-hydrogen) atoms. The van der Waals surface area contributed by atoms with Crippen molar-refractivity contribution >= 4 is 28.5 Å². The molecule has 4 rings (SSSR count). The van der Waals surface area contributed by atoms with Crippen molar-refractivity contribution in [2.24, 2.45) is 0 Å². The van der Waals surface area contributed by atoms with Crippen molar-refractivity contribution in [2.45, 2.75) is 25.8 Å². The Balaban J connectivity index is 1.47. The predicted molar refractivity (Wildman–Crippen MR) is 101 cm³/mol. The normalized spacial score (nSPS) is 17.0. The maximum Gasteiger partial charge on any atom is 0.261 e. The van der Waals surface area contributed by atoms with Crippen LogP contribution in [0, 0.1) is 6.92 Å². The van der Waals surface area contributed by atoms with Crippen molar-refractivity contribution in [1.29, 1.82) is 0 Å². The van der Waals surface area contributed by atoms with Gasteiger partial charge in [-0.1, -0.05) is 23.7 Å². The van der Waals surface area contributed by atoms with Gasteiger partial charge in [-0.15, -0.1) is 0 Å². The van der Waals surface area contributed by atoms with E-state index in [9.17, 15) is 4.79 Å². The number of amides is 1. The molecule has 1 saturated heterocycles. The molecule has 1 aliphatic heterocycles. The Morgan fingerprint density at radius 2 is 2.19 bits per heavy atom. The number of aryl methyl sites for hydroxylation is 1. The second-order valence-electron chi connectivity index (χ2n) is 6.58. The van der Waals surface area contributed by atoms with Crippen LogP contribution in [0.4, 0.5) is 0 Å². The number of fused-ring (bicyclic) bond motifs is 1. The molecule has 1 aromatic heterocycles. The molecule has 2 aromatic carbocycles. The Morgan fingerprint density at radius 3 is 3.00 bits per heavy atom. The standard InChI is InChI=1S/C20H20ClN3O2/c1-13-11-14(8-9-15(13)21)26-12-19(25)24-10-4-7-18(24)20-22-16-5-2-3-6-17(16)23-20/h2-3,5-6,8-9,11,18H,4,7,10,12H2,1H3,(H,22,23)/t18-/m1/s1. The van der Waals surface area contributed by atoms with Crippen molar-refractivity contribution in [3.63, 3.8) is 0 Å². The fourth-order valence-electron chi connectivity index (χ4n) is 3.41. The van der Waals surface area contributed by atoms with Gasteiger partial charge in [0.1, 0.15) is 11.6 Å². The molecule has 1 amide bonds. The summed E-state index contributed by atoms with van der Waals surface area (Å²) in [6, 6.07) is 13.3. The van der Waals surface area contributed by atoms with Crippen molar-refractivity contribution in [2.75, 3.05) is 13.2 Å². The minimum absolute atomic E-state index is 0.0117. The van der Waals surface area contributed by atoms with E-state index in [2.05, 4.69) is 9.97 Å². The molecule has 0 radical (unpaired) electrons. The molecule has 3 aromatic rings. The predicted octanol–water partition coefficient (Wildman–Crippen LogP) is 4.27. The van der Waals surface area contributed by atoms with E-state index in [1.165, 1.54) is 0 Å². The van der Waals surface area contributed by atoms with Crippen molar-refractivity contribution in [1.82, 2.24) is 14.9 Å². The lowest BCUT2D eigenvalue weighted by molar-refractivity contribution is -0.134. The van der Waals surface area contributed by atoms with E-state index >= 15 is 0 Å². The van der Waals surface area contributed by atoms with Gasteiger partial charge in [0.15, 0.2) is 6.61 Å². The fraction of sp³-hybridized carbons (Fsp3) is 0.300. The van der Waals surface area contributed by atoms with Gasteiger partial charge in [0.25, 0.3) is 5.91 Å². The van der Waals surface area contributed by atoms with Gasteiger partial charge >= 0.3 is 0 Å². The number of hydrogen-bond acceptors (Lipinski definition) is 3. The largest absolute Gasteiger partial charge is 0.484 e. The Labute approximate surface area is 156 Å². The van der Waals surface area contributed by atoms with E-state index in [0.29, 0.717) is 10.8 Å². The number of rotatable bonds is 4. The maximum atomic E-state index is 12.7. The number of imidazole rings is 1. The molecule has 1 atom stereocenters. The first kappa shape index (κ1) is 16.9. The molecule has 1 N–H and O–H groups in total. The number of benzene rings is 2. The maximum absolute atomic E-state index is 12.7. The first-order chi connectivity index (χ1) is 12.6. The number of carbonyl (C=O) groups is 1. The second kappa shape index (κ2) is 7.00. The molecule has 0 bridgehead atoms. The lowest BCUT2D eigenvalue weighted by Gasteiger charge is -2.23. The lowest BCUT2D eigenvalue weighted by atomic mass is 10.2. The molecule has 6 heteroatoms. The average Bonchev–Trinajstić information content (AvgIpc) is 3.28. The zero-order chi connectivity index (χ0) is 18.1. The minimum Gasteiger partial charge on any atom is -0.484 e. The number of hydrogen-bond donors (Lipinski definition) is 1. The van der Waals surface area contributed by atoms with Crippen LogP contribution >= 0.6 is 11.6 Å². The monoisotopic (exact) mass is 369 g/mol. The van der Waals surface area contributed by atoms with Gasteiger partial charge in [-0.25, -0.2) is 4.98 Å². The number of carbonyl (C=O) groups excluding carboxylic acids is 1. The van der Waals surface area contributed by atoms with Crippen molar-refractivity contribution < 1.29 is 9.53 Å². The highest BCUT2D eigenvalue weighted by Gasteiger charge is 2.32. The molecule has 0 saturated carbocycles. The third-order valence-electron chi connectivity index (χ3n) is 4.79. The fourth-order valence-corrected chi connectivity index (χ4v) is 3.53. The van der Waals surface area contributed by atoms with Crippen molar-refractivity contribution in [3.8, 4) is 5.75 Å². The number of nitrogens with one attached hydrogen (secondary N) is 1. The Kier molecular flexibility index (Phi) is 4.55. The highest BCUT2D eigenvalue weighted by atomic mass is 35.5. The Hall–Kier alpha value is -2.53. The first-order valence-corrected chi connectivity index (χ1v) is 9.12. The van der Waals surface area contributed by atoms with Gasteiger partial charge in [0.05, 0.1) is 17.1 Å². The average molecular weight is 370 g/mol. The minimum atomic E-state index is -0.0273. The number of aromatic nitrogens is 2. The SMILES string of the molecule is Cc1cc(OCC(=O)N2CCC[C@@H]2c2nc3ccccc3[nH]2)ccc1Cl. The molecule has 0 unspecified atom stereocenters. The van der Waals surface area contributed by atoms with Crippen LogP contribution < -0.4 is 4.74 Å². The van der Waals surface area contributed by atoms with E-state index in [-0.39, 0.29) is 18.6 Å². The van der Waals surface area contributed by atoms with Crippen LogP contribution in [0.25, 0.3) is 11.0 Å². The van der Waals surface area contributed by atoms with E-state index in [1.54, 1.807) is 12.1 Å². The third kappa shape index (κ3) is 3.27. The number of likely N-dealkylation sites (tertiary alicyclic amines) is 1. The van der Waals surface area contributed by atoms with Crippen LogP contribution in [0.15, 0.2) is 42.5 Å². The van der Waals surface area contributed by atoms with Gasteiger partial charge in [-0.05, 0) is 55.7 Å². The van der Waals surface area contributed by atoms with Crippen LogP contribution in [0.1, 0.15) is 30.3 Å². The number of para-hydroxylation sites is 2. The summed E-state index contributed by atoms with van der Waals surface area (Å²) in [5, 5.41) is 0.688. The first-order valence-electron chi connectivity index (χ1n) is 8.75. The number of H-pyrrole nitrogens is 1. The molecular weight excluding hydrogens is 350 g/mol. The van der Waals surface area contributed by atoms with Gasteiger partial charge in [0.2, 0.25) is 0 Å². The van der Waals surface area contributed by atoms with Gasteiger partial charge < -0.3 is 14.6 Å².